The van der Waals surface area contributed by atoms with Crippen molar-refractivity contribution in [2.75, 3.05) is 33.9 Å². The van der Waals surface area contributed by atoms with Gasteiger partial charge in [0.25, 0.3) is 0 Å². The second-order valence-corrected chi connectivity index (χ2v) is 4.12. The zero-order chi connectivity index (χ0) is 13.9. The van der Waals surface area contributed by atoms with Gasteiger partial charge < -0.3 is 20.1 Å². The monoisotopic (exact) mass is 266 g/mol. The summed E-state index contributed by atoms with van der Waals surface area (Å²) < 4.78 is 9.97. The highest BCUT2D eigenvalue weighted by molar-refractivity contribution is 5.76. The van der Waals surface area contributed by atoms with Crippen molar-refractivity contribution in [3.05, 3.63) is 29.8 Å². The Balaban J connectivity index is 2.15. The maximum absolute atomic E-state index is 11.6. The minimum Gasteiger partial charge on any atom is -0.497 e. The molecule has 1 amide bonds. The van der Waals surface area contributed by atoms with Crippen molar-refractivity contribution in [3.63, 3.8) is 0 Å². The molecule has 0 saturated heterocycles. The Labute approximate surface area is 114 Å². The second-order valence-electron chi connectivity index (χ2n) is 4.12. The third kappa shape index (κ3) is 6.79. The molecule has 5 nitrogen and oxygen atoms in total. The molecule has 0 aliphatic heterocycles. The van der Waals surface area contributed by atoms with Crippen LogP contribution in [0, 0.1) is 0 Å². The van der Waals surface area contributed by atoms with Crippen LogP contribution in [0.5, 0.6) is 5.75 Å². The molecule has 5 heteroatoms. The Morgan fingerprint density at radius 3 is 2.53 bits per heavy atom. The van der Waals surface area contributed by atoms with Crippen LogP contribution in [-0.2, 0) is 16.1 Å². The van der Waals surface area contributed by atoms with Crippen LogP contribution in [0.15, 0.2) is 24.3 Å². The van der Waals surface area contributed by atoms with Gasteiger partial charge >= 0.3 is 0 Å². The van der Waals surface area contributed by atoms with Gasteiger partial charge in [0.1, 0.15) is 5.75 Å². The first-order valence-electron chi connectivity index (χ1n) is 6.35. The fourth-order valence-corrected chi connectivity index (χ4v) is 1.53. The number of nitrogens with one attached hydrogen (secondary N) is 2. The van der Waals surface area contributed by atoms with E-state index < -0.39 is 0 Å². The normalized spacial score (nSPS) is 10.2. The number of hydrogen-bond acceptors (Lipinski definition) is 4. The van der Waals surface area contributed by atoms with Crippen LogP contribution in [0.1, 0.15) is 12.0 Å². The second kappa shape index (κ2) is 9.35. The highest BCUT2D eigenvalue weighted by Gasteiger charge is 2.01. The van der Waals surface area contributed by atoms with E-state index in [1.807, 2.05) is 24.3 Å². The van der Waals surface area contributed by atoms with Crippen LogP contribution in [0.3, 0.4) is 0 Å². The molecule has 19 heavy (non-hydrogen) atoms. The lowest BCUT2D eigenvalue weighted by molar-refractivity contribution is -0.121. The van der Waals surface area contributed by atoms with E-state index in [2.05, 4.69) is 10.6 Å². The first-order chi connectivity index (χ1) is 9.26. The lowest BCUT2D eigenvalue weighted by atomic mass is 10.2. The topological polar surface area (TPSA) is 59.6 Å². The van der Waals surface area contributed by atoms with Crippen LogP contribution in [0.25, 0.3) is 0 Å². The molecule has 0 fully saturated rings. The molecule has 0 spiro atoms. The number of hydrogen-bond donors (Lipinski definition) is 2. The fraction of sp³-hybridized carbons (Fsp3) is 0.500. The lowest BCUT2D eigenvalue weighted by Gasteiger charge is -2.07. The number of amides is 1. The first-order valence-corrected chi connectivity index (χ1v) is 6.35. The Hall–Kier alpha value is -1.59. The SMILES string of the molecule is COCCNCCC(=O)NCc1ccc(OC)cc1. The van der Waals surface area contributed by atoms with Gasteiger partial charge in [-0.15, -0.1) is 0 Å². The molecule has 1 aromatic rings. The molecule has 1 rings (SSSR count). The van der Waals surface area contributed by atoms with Crippen molar-refractivity contribution in [1.29, 1.82) is 0 Å². The van der Waals surface area contributed by atoms with Gasteiger partial charge in [0.05, 0.1) is 13.7 Å². The summed E-state index contributed by atoms with van der Waals surface area (Å²) in [7, 11) is 3.29. The van der Waals surface area contributed by atoms with Gasteiger partial charge in [-0.1, -0.05) is 12.1 Å². The molecule has 0 unspecified atom stereocenters. The summed E-state index contributed by atoms with van der Waals surface area (Å²) in [6.45, 7) is 2.63. The zero-order valence-electron chi connectivity index (χ0n) is 11.6. The van der Waals surface area contributed by atoms with E-state index in [0.29, 0.717) is 26.1 Å². The van der Waals surface area contributed by atoms with E-state index in [9.17, 15) is 4.79 Å². The Kier molecular flexibility index (Phi) is 7.62. The van der Waals surface area contributed by atoms with Crippen LogP contribution in [-0.4, -0.2) is 39.8 Å². The molecular weight excluding hydrogens is 244 g/mol. The maximum atomic E-state index is 11.6. The van der Waals surface area contributed by atoms with Crippen molar-refractivity contribution in [1.82, 2.24) is 10.6 Å². The molecule has 106 valence electrons. The summed E-state index contributed by atoms with van der Waals surface area (Å²) in [5, 5.41) is 6.00. The first kappa shape index (κ1) is 15.5. The molecule has 0 bridgehead atoms. The van der Waals surface area contributed by atoms with Gasteiger partial charge in [-0.3, -0.25) is 4.79 Å². The van der Waals surface area contributed by atoms with Crippen LogP contribution in [0.4, 0.5) is 0 Å². The van der Waals surface area contributed by atoms with Crippen LogP contribution >= 0.6 is 0 Å². The van der Waals surface area contributed by atoms with E-state index in [4.69, 9.17) is 9.47 Å². The van der Waals surface area contributed by atoms with Gasteiger partial charge in [0.15, 0.2) is 0 Å². The number of rotatable bonds is 9. The highest BCUT2D eigenvalue weighted by atomic mass is 16.5. The van der Waals surface area contributed by atoms with Gasteiger partial charge in [-0.2, -0.15) is 0 Å². The number of carbonyl (C=O) groups excluding carboxylic acids is 1. The van der Waals surface area contributed by atoms with Gasteiger partial charge in [0.2, 0.25) is 5.91 Å². The molecule has 0 aromatic heterocycles. The highest BCUT2D eigenvalue weighted by Crippen LogP contribution is 2.10. The summed E-state index contributed by atoms with van der Waals surface area (Å²) in [5.74, 6) is 0.859. The number of methoxy groups -OCH3 is 2. The predicted octanol–water partition coefficient (Wildman–Crippen LogP) is 0.937. The van der Waals surface area contributed by atoms with Gasteiger partial charge in [0, 0.05) is 33.2 Å². The van der Waals surface area contributed by atoms with Crippen molar-refractivity contribution in [2.45, 2.75) is 13.0 Å². The Bertz CT molecular complexity index is 365. The average molecular weight is 266 g/mol. The number of benzene rings is 1. The lowest BCUT2D eigenvalue weighted by Crippen LogP contribution is -2.28. The van der Waals surface area contributed by atoms with E-state index >= 15 is 0 Å². The summed E-state index contributed by atoms with van der Waals surface area (Å²) in [6, 6.07) is 7.65. The summed E-state index contributed by atoms with van der Waals surface area (Å²) in [4.78, 5) is 11.6. The largest absolute Gasteiger partial charge is 0.497 e. The predicted molar refractivity (Wildman–Crippen MR) is 74.2 cm³/mol. The van der Waals surface area contributed by atoms with Crippen molar-refractivity contribution < 1.29 is 14.3 Å². The van der Waals surface area contributed by atoms with E-state index in [0.717, 1.165) is 17.9 Å². The number of ether oxygens (including phenoxy) is 2. The molecule has 0 atom stereocenters. The molecule has 0 radical (unpaired) electrons. The molecule has 2 N–H and O–H groups in total. The Morgan fingerprint density at radius 1 is 1.16 bits per heavy atom. The van der Waals surface area contributed by atoms with Crippen molar-refractivity contribution >= 4 is 5.91 Å². The van der Waals surface area contributed by atoms with Crippen LogP contribution in [0.2, 0.25) is 0 Å². The molecule has 0 aliphatic rings. The third-order valence-electron chi connectivity index (χ3n) is 2.66. The Morgan fingerprint density at radius 2 is 1.89 bits per heavy atom. The van der Waals surface area contributed by atoms with E-state index in [1.165, 1.54) is 0 Å². The van der Waals surface area contributed by atoms with Crippen molar-refractivity contribution in [2.24, 2.45) is 0 Å². The molecule has 0 saturated carbocycles. The van der Waals surface area contributed by atoms with Gasteiger partial charge in [-0.25, -0.2) is 0 Å². The van der Waals surface area contributed by atoms with E-state index in [-0.39, 0.29) is 5.91 Å². The van der Waals surface area contributed by atoms with Crippen molar-refractivity contribution in [3.8, 4) is 5.75 Å². The standard InChI is InChI=1S/C14H22N2O3/c1-18-10-9-15-8-7-14(17)16-11-12-3-5-13(19-2)6-4-12/h3-6,15H,7-11H2,1-2H3,(H,16,17). The molecule has 1 aromatic carbocycles. The average Bonchev–Trinajstić information content (AvgIpc) is 2.45. The minimum absolute atomic E-state index is 0.0423. The molecular formula is C14H22N2O3. The maximum Gasteiger partial charge on any atom is 0.221 e. The molecule has 0 aliphatic carbocycles. The smallest absolute Gasteiger partial charge is 0.221 e. The van der Waals surface area contributed by atoms with E-state index in [1.54, 1.807) is 14.2 Å². The third-order valence-corrected chi connectivity index (χ3v) is 2.66. The summed E-state index contributed by atoms with van der Waals surface area (Å²) in [5.41, 5.74) is 1.06. The summed E-state index contributed by atoms with van der Waals surface area (Å²) >= 11 is 0. The zero-order valence-corrected chi connectivity index (χ0v) is 11.6. The fourth-order valence-electron chi connectivity index (χ4n) is 1.53. The van der Waals surface area contributed by atoms with Crippen LogP contribution < -0.4 is 15.4 Å². The number of carbonyl (C=O) groups is 1. The summed E-state index contributed by atoms with van der Waals surface area (Å²) in [6.07, 6.45) is 0.472. The minimum atomic E-state index is 0.0423. The molecule has 0 heterocycles. The van der Waals surface area contributed by atoms with Gasteiger partial charge in [-0.05, 0) is 17.7 Å². The quantitative estimate of drug-likeness (QED) is 0.653.